The normalized spacial score (nSPS) is 27.4. The Kier molecular flexibility index (Phi) is 3.81. The molecule has 0 aliphatic carbocycles. The molecular weight excluding hydrogens is 264 g/mol. The van der Waals surface area contributed by atoms with Gasteiger partial charge in [-0.1, -0.05) is 31.0 Å². The van der Waals surface area contributed by atoms with E-state index in [9.17, 15) is 9.59 Å². The summed E-state index contributed by atoms with van der Waals surface area (Å²) in [6.45, 7) is 5.73. The zero-order valence-electron chi connectivity index (χ0n) is 12.7. The highest BCUT2D eigenvalue weighted by atomic mass is 16.2. The van der Waals surface area contributed by atoms with Crippen molar-refractivity contribution < 1.29 is 9.59 Å². The van der Waals surface area contributed by atoms with Crippen molar-refractivity contribution in [3.8, 4) is 0 Å². The Morgan fingerprint density at radius 3 is 2.19 bits per heavy atom. The minimum atomic E-state index is -0.279. The van der Waals surface area contributed by atoms with Crippen LogP contribution in [0.25, 0.3) is 0 Å². The van der Waals surface area contributed by atoms with E-state index in [0.717, 1.165) is 31.5 Å². The van der Waals surface area contributed by atoms with Gasteiger partial charge in [0, 0.05) is 0 Å². The van der Waals surface area contributed by atoms with Gasteiger partial charge in [-0.05, 0) is 45.0 Å². The average Bonchev–Trinajstić information content (AvgIpc) is 2.72. The molecule has 0 N–H and O–H groups in total. The van der Waals surface area contributed by atoms with Gasteiger partial charge in [0.25, 0.3) is 5.91 Å². The van der Waals surface area contributed by atoms with Crippen LogP contribution < -0.4 is 4.90 Å². The van der Waals surface area contributed by atoms with Crippen molar-refractivity contribution in [2.45, 2.75) is 39.2 Å². The Morgan fingerprint density at radius 2 is 1.57 bits per heavy atom. The Hall–Kier alpha value is -1.68. The molecule has 2 aliphatic rings. The van der Waals surface area contributed by atoms with Gasteiger partial charge in [-0.25, -0.2) is 4.90 Å². The molecule has 4 heteroatoms. The second kappa shape index (κ2) is 5.60. The summed E-state index contributed by atoms with van der Waals surface area (Å²) in [6.07, 6.45) is 3.46. The number of amides is 2. The maximum atomic E-state index is 12.8. The molecule has 3 rings (SSSR count). The zero-order chi connectivity index (χ0) is 15.0. The number of carbonyl (C=O) groups excluding carboxylic acids is 2. The summed E-state index contributed by atoms with van der Waals surface area (Å²) in [6, 6.07) is 7.32. The average molecular weight is 286 g/mol. The monoisotopic (exact) mass is 286 g/mol. The van der Waals surface area contributed by atoms with Crippen molar-refractivity contribution in [3.05, 3.63) is 29.8 Å². The molecule has 2 heterocycles. The number of likely N-dealkylation sites (tertiary alicyclic amines) is 1. The van der Waals surface area contributed by atoms with E-state index < -0.39 is 0 Å². The van der Waals surface area contributed by atoms with Crippen LogP contribution in [0, 0.1) is 12.8 Å². The quantitative estimate of drug-likeness (QED) is 0.784. The van der Waals surface area contributed by atoms with Gasteiger partial charge in [0.05, 0.1) is 11.6 Å². The number of carbonyl (C=O) groups is 2. The van der Waals surface area contributed by atoms with Crippen LogP contribution >= 0.6 is 0 Å². The molecule has 1 aromatic rings. The minimum absolute atomic E-state index is 0.0572. The minimum Gasteiger partial charge on any atom is -0.291 e. The van der Waals surface area contributed by atoms with Gasteiger partial charge in [0.15, 0.2) is 0 Å². The van der Waals surface area contributed by atoms with Gasteiger partial charge in [0.2, 0.25) is 5.91 Å². The lowest BCUT2D eigenvalue weighted by atomic mass is 10.0. The van der Waals surface area contributed by atoms with E-state index in [-0.39, 0.29) is 23.8 Å². The smallest absolute Gasteiger partial charge is 0.251 e. The topological polar surface area (TPSA) is 40.6 Å². The molecule has 0 saturated carbocycles. The summed E-state index contributed by atoms with van der Waals surface area (Å²) in [4.78, 5) is 28.9. The number of benzene rings is 1. The maximum Gasteiger partial charge on any atom is 0.251 e. The predicted octanol–water partition coefficient (Wildman–Crippen LogP) is 2.36. The summed E-state index contributed by atoms with van der Waals surface area (Å²) in [5.74, 6) is -0.380. The lowest BCUT2D eigenvalue weighted by molar-refractivity contribution is -0.123. The molecule has 0 aromatic heterocycles. The lowest BCUT2D eigenvalue weighted by Crippen LogP contribution is -2.46. The molecule has 2 atom stereocenters. The van der Waals surface area contributed by atoms with Gasteiger partial charge in [-0.2, -0.15) is 0 Å². The number of anilines is 1. The summed E-state index contributed by atoms with van der Waals surface area (Å²) in [5.41, 5.74) is 1.82. The molecule has 112 valence electrons. The highest BCUT2D eigenvalue weighted by Gasteiger charge is 2.48. The first-order chi connectivity index (χ1) is 10.1. The molecule has 2 amide bonds. The molecule has 0 radical (unpaired) electrons. The van der Waals surface area contributed by atoms with Gasteiger partial charge in [-0.3, -0.25) is 14.5 Å². The summed E-state index contributed by atoms with van der Waals surface area (Å²) < 4.78 is 0. The maximum absolute atomic E-state index is 12.8. The van der Waals surface area contributed by atoms with Gasteiger partial charge < -0.3 is 0 Å². The lowest BCUT2D eigenvalue weighted by Gasteiger charge is -2.32. The van der Waals surface area contributed by atoms with Gasteiger partial charge in [0.1, 0.15) is 6.04 Å². The first kappa shape index (κ1) is 14.3. The Morgan fingerprint density at radius 1 is 0.952 bits per heavy atom. The van der Waals surface area contributed by atoms with Crippen LogP contribution in [-0.2, 0) is 9.59 Å². The number of piperidine rings is 1. The van der Waals surface area contributed by atoms with Crippen molar-refractivity contribution in [1.29, 1.82) is 0 Å². The van der Waals surface area contributed by atoms with Crippen LogP contribution in [0.2, 0.25) is 0 Å². The molecule has 2 aliphatic heterocycles. The highest BCUT2D eigenvalue weighted by molar-refractivity contribution is 6.23. The Labute approximate surface area is 125 Å². The second-order valence-electron chi connectivity index (χ2n) is 6.18. The zero-order valence-corrected chi connectivity index (χ0v) is 12.7. The van der Waals surface area contributed by atoms with Crippen molar-refractivity contribution in [2.75, 3.05) is 18.0 Å². The number of nitrogens with zero attached hydrogens (tertiary/aromatic N) is 2. The van der Waals surface area contributed by atoms with E-state index in [4.69, 9.17) is 0 Å². The van der Waals surface area contributed by atoms with Gasteiger partial charge in [-0.15, -0.1) is 0 Å². The Bertz CT molecular complexity index is 546. The molecule has 0 unspecified atom stereocenters. The number of hydrogen-bond donors (Lipinski definition) is 0. The molecule has 2 fully saturated rings. The third-order valence-electron chi connectivity index (χ3n) is 4.63. The fraction of sp³-hybridized carbons (Fsp3) is 0.529. The second-order valence-corrected chi connectivity index (χ2v) is 6.18. The molecular formula is C17H22N2O2. The van der Waals surface area contributed by atoms with Crippen LogP contribution in [-0.4, -0.2) is 35.8 Å². The largest absolute Gasteiger partial charge is 0.291 e. The summed E-state index contributed by atoms with van der Waals surface area (Å²) in [5, 5.41) is 0. The van der Waals surface area contributed by atoms with Crippen molar-refractivity contribution in [3.63, 3.8) is 0 Å². The van der Waals surface area contributed by atoms with E-state index in [2.05, 4.69) is 4.90 Å². The summed E-state index contributed by atoms with van der Waals surface area (Å²) in [7, 11) is 0. The third kappa shape index (κ3) is 2.48. The van der Waals surface area contributed by atoms with E-state index in [0.29, 0.717) is 5.69 Å². The van der Waals surface area contributed by atoms with Crippen LogP contribution in [0.5, 0.6) is 0 Å². The molecule has 4 nitrogen and oxygen atoms in total. The summed E-state index contributed by atoms with van der Waals surface area (Å²) >= 11 is 0. The van der Waals surface area contributed by atoms with Gasteiger partial charge >= 0.3 is 0 Å². The van der Waals surface area contributed by atoms with Crippen molar-refractivity contribution in [1.82, 2.24) is 4.90 Å². The van der Waals surface area contributed by atoms with E-state index in [1.54, 1.807) is 0 Å². The van der Waals surface area contributed by atoms with Crippen molar-refractivity contribution in [2.24, 2.45) is 5.92 Å². The fourth-order valence-corrected chi connectivity index (χ4v) is 3.41. The number of hydrogen-bond acceptors (Lipinski definition) is 3. The third-order valence-corrected chi connectivity index (χ3v) is 4.63. The van der Waals surface area contributed by atoms with E-state index >= 15 is 0 Å². The van der Waals surface area contributed by atoms with Crippen LogP contribution in [0.3, 0.4) is 0 Å². The first-order valence-corrected chi connectivity index (χ1v) is 7.78. The number of aryl methyl sites for hydroxylation is 1. The SMILES string of the molecule is Cc1ccc(N2C(=O)[C@@H](C)[C@@H](N3CCCCC3)C2=O)cc1. The van der Waals surface area contributed by atoms with E-state index in [1.807, 2.05) is 38.1 Å². The number of rotatable bonds is 2. The van der Waals surface area contributed by atoms with Crippen LogP contribution in [0.15, 0.2) is 24.3 Å². The Balaban J connectivity index is 1.87. The first-order valence-electron chi connectivity index (χ1n) is 7.78. The van der Waals surface area contributed by atoms with Crippen molar-refractivity contribution >= 4 is 17.5 Å². The molecule has 2 saturated heterocycles. The van der Waals surface area contributed by atoms with E-state index in [1.165, 1.54) is 11.3 Å². The highest BCUT2D eigenvalue weighted by Crippen LogP contribution is 2.31. The van der Waals surface area contributed by atoms with Crippen LogP contribution in [0.1, 0.15) is 31.7 Å². The number of imide groups is 1. The molecule has 0 spiro atoms. The predicted molar refractivity (Wildman–Crippen MR) is 82.0 cm³/mol. The fourth-order valence-electron chi connectivity index (χ4n) is 3.41. The standard InChI is InChI=1S/C17H22N2O2/c1-12-6-8-14(9-7-12)19-16(20)13(2)15(17(19)21)18-10-4-3-5-11-18/h6-9,13,15H,3-5,10-11H2,1-2H3/t13-,15+/m0/s1. The molecule has 21 heavy (non-hydrogen) atoms. The molecule has 1 aromatic carbocycles. The van der Waals surface area contributed by atoms with Crippen LogP contribution in [0.4, 0.5) is 5.69 Å². The molecule has 0 bridgehead atoms.